The summed E-state index contributed by atoms with van der Waals surface area (Å²) >= 11 is 3.39. The lowest BCUT2D eigenvalue weighted by molar-refractivity contribution is 0.0367. The molecule has 1 aliphatic carbocycles. The van der Waals surface area contributed by atoms with Gasteiger partial charge in [-0.15, -0.1) is 0 Å². The van der Waals surface area contributed by atoms with Gasteiger partial charge in [0.1, 0.15) is 0 Å². The molecule has 1 aromatic carbocycles. The van der Waals surface area contributed by atoms with Crippen molar-refractivity contribution in [2.24, 2.45) is 5.92 Å². The third-order valence-corrected chi connectivity index (χ3v) is 6.58. The summed E-state index contributed by atoms with van der Waals surface area (Å²) in [5, 5.41) is 10.8. The SMILES string of the molecule is CN(CC1CC(O)C1)S(=O)(=O)c1cccc2cncc(Br)c12. The molecule has 0 bridgehead atoms. The normalized spacial score (nSPS) is 22.0. The van der Waals surface area contributed by atoms with Crippen LogP contribution in [0.1, 0.15) is 12.8 Å². The third kappa shape index (κ3) is 2.78. The van der Waals surface area contributed by atoms with E-state index in [1.54, 1.807) is 31.6 Å². The minimum absolute atomic E-state index is 0.231. The summed E-state index contributed by atoms with van der Waals surface area (Å²) in [5.74, 6) is 0.231. The number of hydrogen-bond acceptors (Lipinski definition) is 4. The van der Waals surface area contributed by atoms with Gasteiger partial charge >= 0.3 is 0 Å². The zero-order valence-electron chi connectivity index (χ0n) is 12.1. The van der Waals surface area contributed by atoms with Crippen LogP contribution in [-0.2, 0) is 10.0 Å². The van der Waals surface area contributed by atoms with E-state index in [4.69, 9.17) is 0 Å². The van der Waals surface area contributed by atoms with Crippen LogP contribution < -0.4 is 0 Å². The van der Waals surface area contributed by atoms with Crippen LogP contribution in [0.25, 0.3) is 10.8 Å². The summed E-state index contributed by atoms with van der Waals surface area (Å²) in [6.45, 7) is 0.429. The van der Waals surface area contributed by atoms with Crippen LogP contribution in [0.4, 0.5) is 0 Å². The van der Waals surface area contributed by atoms with E-state index >= 15 is 0 Å². The number of benzene rings is 1. The highest BCUT2D eigenvalue weighted by atomic mass is 79.9. The van der Waals surface area contributed by atoms with Gasteiger partial charge in [-0.1, -0.05) is 12.1 Å². The lowest BCUT2D eigenvalue weighted by Crippen LogP contribution is -2.39. The number of fused-ring (bicyclic) bond motifs is 1. The van der Waals surface area contributed by atoms with E-state index in [0.29, 0.717) is 29.2 Å². The lowest BCUT2D eigenvalue weighted by atomic mass is 9.82. The zero-order chi connectivity index (χ0) is 15.9. The Bertz CT molecular complexity index is 798. The van der Waals surface area contributed by atoms with E-state index in [0.717, 1.165) is 5.39 Å². The Morgan fingerprint density at radius 3 is 2.77 bits per heavy atom. The summed E-state index contributed by atoms with van der Waals surface area (Å²) in [6, 6.07) is 5.19. The van der Waals surface area contributed by atoms with Crippen molar-refractivity contribution in [1.82, 2.24) is 9.29 Å². The highest BCUT2D eigenvalue weighted by molar-refractivity contribution is 9.10. The molecule has 0 amide bonds. The fourth-order valence-corrected chi connectivity index (χ4v) is 5.02. The maximum atomic E-state index is 12.9. The number of rotatable bonds is 4. The fourth-order valence-electron chi connectivity index (χ4n) is 2.85. The van der Waals surface area contributed by atoms with Gasteiger partial charge in [0.05, 0.1) is 11.0 Å². The first kappa shape index (κ1) is 15.9. The molecule has 3 rings (SSSR count). The Kier molecular flexibility index (Phi) is 4.24. The summed E-state index contributed by atoms with van der Waals surface area (Å²) in [6.07, 6.45) is 4.32. The molecule has 0 spiro atoms. The predicted molar refractivity (Wildman–Crippen MR) is 88.0 cm³/mol. The van der Waals surface area contributed by atoms with Crippen molar-refractivity contribution in [3.05, 3.63) is 35.1 Å². The first-order valence-corrected chi connectivity index (χ1v) is 9.29. The molecule has 7 heteroatoms. The zero-order valence-corrected chi connectivity index (χ0v) is 14.5. The number of sulfonamides is 1. The molecule has 1 saturated carbocycles. The van der Waals surface area contributed by atoms with E-state index in [1.165, 1.54) is 4.31 Å². The van der Waals surface area contributed by atoms with Crippen LogP contribution in [0.15, 0.2) is 40.0 Å². The molecule has 0 radical (unpaired) electrons. The van der Waals surface area contributed by atoms with Crippen LogP contribution in [0.5, 0.6) is 0 Å². The first-order valence-electron chi connectivity index (χ1n) is 7.06. The van der Waals surface area contributed by atoms with Gasteiger partial charge in [0.25, 0.3) is 0 Å². The lowest BCUT2D eigenvalue weighted by Gasteiger charge is -2.34. The average Bonchev–Trinajstić information content (AvgIpc) is 2.45. The Hall–Kier alpha value is -1.02. The van der Waals surface area contributed by atoms with E-state index < -0.39 is 10.0 Å². The average molecular weight is 385 g/mol. The number of hydrogen-bond donors (Lipinski definition) is 1. The fraction of sp³-hybridized carbons (Fsp3) is 0.400. The van der Waals surface area contributed by atoms with Crippen molar-refractivity contribution in [1.29, 1.82) is 0 Å². The largest absolute Gasteiger partial charge is 0.393 e. The summed E-state index contributed by atoms with van der Waals surface area (Å²) in [5.41, 5.74) is 0. The second kappa shape index (κ2) is 5.88. The van der Waals surface area contributed by atoms with Crippen molar-refractivity contribution in [3.63, 3.8) is 0 Å². The van der Waals surface area contributed by atoms with Gasteiger partial charge in [-0.3, -0.25) is 4.98 Å². The molecule has 1 aliphatic rings. The Labute approximate surface area is 138 Å². The molecular weight excluding hydrogens is 368 g/mol. The molecule has 0 saturated heterocycles. The summed E-state index contributed by atoms with van der Waals surface area (Å²) < 4.78 is 27.8. The molecule has 22 heavy (non-hydrogen) atoms. The van der Waals surface area contributed by atoms with Crippen LogP contribution >= 0.6 is 15.9 Å². The van der Waals surface area contributed by atoms with Gasteiger partial charge in [-0.2, -0.15) is 0 Å². The van der Waals surface area contributed by atoms with Crippen molar-refractivity contribution < 1.29 is 13.5 Å². The quantitative estimate of drug-likeness (QED) is 0.878. The van der Waals surface area contributed by atoms with Gasteiger partial charge in [0.2, 0.25) is 10.0 Å². The molecule has 1 fully saturated rings. The van der Waals surface area contributed by atoms with Gasteiger partial charge in [-0.05, 0) is 40.8 Å². The molecule has 0 unspecified atom stereocenters. The minimum Gasteiger partial charge on any atom is -0.393 e. The Morgan fingerprint density at radius 2 is 2.09 bits per heavy atom. The van der Waals surface area contributed by atoms with E-state index in [-0.39, 0.29) is 16.9 Å². The molecule has 1 aromatic heterocycles. The highest BCUT2D eigenvalue weighted by Crippen LogP contribution is 2.33. The van der Waals surface area contributed by atoms with E-state index in [9.17, 15) is 13.5 Å². The molecule has 1 heterocycles. The predicted octanol–water partition coefficient (Wildman–Crippen LogP) is 2.39. The number of halogens is 1. The Morgan fingerprint density at radius 1 is 1.36 bits per heavy atom. The molecule has 2 aromatic rings. The minimum atomic E-state index is -3.58. The number of nitrogens with zero attached hydrogens (tertiary/aromatic N) is 2. The van der Waals surface area contributed by atoms with Crippen molar-refractivity contribution in [2.75, 3.05) is 13.6 Å². The second-order valence-electron chi connectivity index (χ2n) is 5.75. The topological polar surface area (TPSA) is 70.5 Å². The standard InChI is InChI=1S/C15H17BrN2O3S/c1-18(9-10-5-12(19)6-10)22(20,21)14-4-2-3-11-7-17-8-13(16)15(11)14/h2-4,7-8,10,12,19H,5-6,9H2,1H3. The highest BCUT2D eigenvalue weighted by Gasteiger charge is 2.32. The van der Waals surface area contributed by atoms with Crippen LogP contribution in [-0.4, -0.2) is 42.5 Å². The maximum absolute atomic E-state index is 12.9. The number of pyridine rings is 1. The smallest absolute Gasteiger partial charge is 0.243 e. The third-order valence-electron chi connectivity index (χ3n) is 4.11. The van der Waals surface area contributed by atoms with Gasteiger partial charge in [-0.25, -0.2) is 12.7 Å². The van der Waals surface area contributed by atoms with Crippen LogP contribution in [0.2, 0.25) is 0 Å². The van der Waals surface area contributed by atoms with Crippen LogP contribution in [0, 0.1) is 5.92 Å². The first-order chi connectivity index (χ1) is 10.4. The molecule has 5 nitrogen and oxygen atoms in total. The summed E-state index contributed by atoms with van der Waals surface area (Å²) in [7, 11) is -1.99. The molecule has 0 atom stereocenters. The van der Waals surface area contributed by atoms with E-state index in [2.05, 4.69) is 20.9 Å². The van der Waals surface area contributed by atoms with Crippen molar-refractivity contribution in [2.45, 2.75) is 23.8 Å². The number of aliphatic hydroxyl groups excluding tert-OH is 1. The summed E-state index contributed by atoms with van der Waals surface area (Å²) in [4.78, 5) is 4.36. The van der Waals surface area contributed by atoms with Crippen molar-refractivity contribution >= 4 is 36.7 Å². The monoisotopic (exact) mass is 384 g/mol. The molecular formula is C15H17BrN2O3S. The van der Waals surface area contributed by atoms with Gasteiger partial charge in [0.15, 0.2) is 0 Å². The number of aromatic nitrogens is 1. The second-order valence-corrected chi connectivity index (χ2v) is 8.62. The molecule has 1 N–H and O–H groups in total. The van der Waals surface area contributed by atoms with E-state index in [1.807, 2.05) is 6.07 Å². The van der Waals surface area contributed by atoms with Crippen LogP contribution in [0.3, 0.4) is 0 Å². The molecule has 118 valence electrons. The van der Waals surface area contributed by atoms with Gasteiger partial charge < -0.3 is 5.11 Å². The van der Waals surface area contributed by atoms with Gasteiger partial charge in [0, 0.05) is 41.2 Å². The maximum Gasteiger partial charge on any atom is 0.243 e. The Balaban J connectivity index is 1.98. The van der Waals surface area contributed by atoms with Crippen molar-refractivity contribution in [3.8, 4) is 0 Å². The molecule has 0 aliphatic heterocycles. The number of aliphatic hydroxyl groups is 1.